The summed E-state index contributed by atoms with van der Waals surface area (Å²) in [4.78, 5) is 0. The van der Waals surface area contributed by atoms with Crippen LogP contribution in [0.3, 0.4) is 0 Å². The summed E-state index contributed by atoms with van der Waals surface area (Å²) in [5.41, 5.74) is 5.54. The third-order valence-electron chi connectivity index (χ3n) is 1.48. The summed E-state index contributed by atoms with van der Waals surface area (Å²) in [6.45, 7) is 0.722. The summed E-state index contributed by atoms with van der Waals surface area (Å²) in [6.07, 6.45) is 1.64. The normalized spacial score (nSPS) is 13.2. The van der Waals surface area contributed by atoms with Gasteiger partial charge in [-0.25, -0.2) is 0 Å². The van der Waals surface area contributed by atoms with Crippen LogP contribution < -0.4 is 5.73 Å². The van der Waals surface area contributed by atoms with Gasteiger partial charge in [-0.05, 0) is 12.1 Å². The van der Waals surface area contributed by atoms with E-state index in [1.807, 2.05) is 12.1 Å². The van der Waals surface area contributed by atoms with Crippen molar-refractivity contribution in [3.05, 3.63) is 24.2 Å². The van der Waals surface area contributed by atoms with E-state index in [9.17, 15) is 0 Å². The van der Waals surface area contributed by atoms with Crippen LogP contribution in [0, 0.1) is 0 Å². The Labute approximate surface area is 75.9 Å². The van der Waals surface area contributed by atoms with Gasteiger partial charge in [0.05, 0.1) is 18.1 Å². The summed E-state index contributed by atoms with van der Waals surface area (Å²) < 4.78 is 5.20. The Morgan fingerprint density at radius 2 is 2.50 bits per heavy atom. The Balaban J connectivity index is 2.45. The molecule has 0 fully saturated rings. The summed E-state index contributed by atoms with van der Waals surface area (Å²) in [7, 11) is 0. The lowest BCUT2D eigenvalue weighted by molar-refractivity contribution is 0.322. The Kier molecular flexibility index (Phi) is 4.21. The van der Waals surface area contributed by atoms with Gasteiger partial charge in [0.15, 0.2) is 0 Å². The number of hydrogen-bond acceptors (Lipinski definition) is 4. The van der Waals surface area contributed by atoms with Crippen molar-refractivity contribution in [1.29, 1.82) is 0 Å². The van der Waals surface area contributed by atoms with Crippen LogP contribution in [-0.4, -0.2) is 24.0 Å². The summed E-state index contributed by atoms with van der Waals surface area (Å²) in [6, 6.07) is 3.75. The lowest BCUT2D eigenvalue weighted by Gasteiger charge is -2.09. The molecule has 3 N–H and O–H groups in total. The number of rotatable bonds is 5. The van der Waals surface area contributed by atoms with Crippen LogP contribution in [-0.2, 0) is 0 Å². The zero-order chi connectivity index (χ0) is 8.81. The SMILES string of the molecule is NCC(SCCO)c1ccco1. The van der Waals surface area contributed by atoms with Gasteiger partial charge < -0.3 is 15.3 Å². The van der Waals surface area contributed by atoms with E-state index in [-0.39, 0.29) is 11.9 Å². The van der Waals surface area contributed by atoms with E-state index >= 15 is 0 Å². The van der Waals surface area contributed by atoms with Crippen LogP contribution in [0.25, 0.3) is 0 Å². The highest BCUT2D eigenvalue weighted by Crippen LogP contribution is 2.27. The Morgan fingerprint density at radius 3 is 3.00 bits per heavy atom. The highest BCUT2D eigenvalue weighted by Gasteiger charge is 2.11. The predicted octanol–water partition coefficient (Wildman–Crippen LogP) is 1.00. The Hall–Kier alpha value is -0.450. The smallest absolute Gasteiger partial charge is 0.118 e. The van der Waals surface area contributed by atoms with E-state index in [1.54, 1.807) is 18.0 Å². The lowest BCUT2D eigenvalue weighted by Crippen LogP contribution is -2.09. The average molecular weight is 187 g/mol. The monoisotopic (exact) mass is 187 g/mol. The average Bonchev–Trinajstić information content (AvgIpc) is 2.59. The van der Waals surface area contributed by atoms with Crippen LogP contribution in [0.5, 0.6) is 0 Å². The van der Waals surface area contributed by atoms with E-state index in [2.05, 4.69) is 0 Å². The van der Waals surface area contributed by atoms with E-state index in [0.29, 0.717) is 12.3 Å². The first-order valence-electron chi connectivity index (χ1n) is 3.84. The van der Waals surface area contributed by atoms with E-state index in [1.165, 1.54) is 0 Å². The maximum Gasteiger partial charge on any atom is 0.118 e. The molecule has 0 aliphatic rings. The van der Waals surface area contributed by atoms with Gasteiger partial charge in [-0.2, -0.15) is 0 Å². The van der Waals surface area contributed by atoms with Crippen molar-refractivity contribution in [2.45, 2.75) is 5.25 Å². The number of furan rings is 1. The van der Waals surface area contributed by atoms with E-state index < -0.39 is 0 Å². The molecule has 3 nitrogen and oxygen atoms in total. The zero-order valence-corrected chi connectivity index (χ0v) is 7.59. The first kappa shape index (κ1) is 9.64. The molecule has 68 valence electrons. The molecule has 1 aromatic rings. The molecule has 0 saturated carbocycles. The molecule has 0 bridgehead atoms. The number of thioether (sulfide) groups is 1. The van der Waals surface area contributed by atoms with Gasteiger partial charge in [-0.3, -0.25) is 0 Å². The molecule has 1 aromatic heterocycles. The van der Waals surface area contributed by atoms with Crippen LogP contribution in [0.2, 0.25) is 0 Å². The second-order valence-electron chi connectivity index (χ2n) is 2.33. The van der Waals surface area contributed by atoms with Gasteiger partial charge in [0, 0.05) is 12.3 Å². The second kappa shape index (κ2) is 5.24. The van der Waals surface area contributed by atoms with Crippen molar-refractivity contribution >= 4 is 11.8 Å². The highest BCUT2D eigenvalue weighted by molar-refractivity contribution is 7.99. The summed E-state index contributed by atoms with van der Waals surface area (Å²) >= 11 is 1.61. The molecule has 4 heteroatoms. The largest absolute Gasteiger partial charge is 0.468 e. The first-order chi connectivity index (χ1) is 5.88. The lowest BCUT2D eigenvalue weighted by atomic mass is 10.3. The number of aliphatic hydroxyl groups is 1. The molecule has 0 aliphatic carbocycles. The minimum atomic E-state index is 0.173. The Morgan fingerprint density at radius 1 is 1.67 bits per heavy atom. The minimum Gasteiger partial charge on any atom is -0.468 e. The van der Waals surface area contributed by atoms with Gasteiger partial charge in [0.25, 0.3) is 0 Å². The molecule has 0 aliphatic heterocycles. The van der Waals surface area contributed by atoms with Crippen molar-refractivity contribution in [2.24, 2.45) is 5.73 Å². The fraction of sp³-hybridized carbons (Fsp3) is 0.500. The minimum absolute atomic E-state index is 0.173. The molecule has 0 amide bonds. The van der Waals surface area contributed by atoms with Gasteiger partial charge in [-0.1, -0.05) is 0 Å². The van der Waals surface area contributed by atoms with Gasteiger partial charge in [0.2, 0.25) is 0 Å². The predicted molar refractivity (Wildman–Crippen MR) is 50.0 cm³/mol. The molecule has 1 unspecified atom stereocenters. The Bertz CT molecular complexity index is 201. The number of aliphatic hydroxyl groups excluding tert-OH is 1. The van der Waals surface area contributed by atoms with Crippen molar-refractivity contribution in [3.8, 4) is 0 Å². The maximum absolute atomic E-state index is 8.62. The van der Waals surface area contributed by atoms with Crippen molar-refractivity contribution in [3.63, 3.8) is 0 Å². The van der Waals surface area contributed by atoms with Gasteiger partial charge in [0.1, 0.15) is 5.76 Å². The van der Waals surface area contributed by atoms with Crippen molar-refractivity contribution < 1.29 is 9.52 Å². The third-order valence-corrected chi connectivity index (χ3v) is 2.73. The molecule has 0 spiro atoms. The van der Waals surface area contributed by atoms with E-state index in [4.69, 9.17) is 15.3 Å². The molecule has 1 heterocycles. The van der Waals surface area contributed by atoms with Crippen LogP contribution in [0.4, 0.5) is 0 Å². The zero-order valence-electron chi connectivity index (χ0n) is 6.77. The first-order valence-corrected chi connectivity index (χ1v) is 4.89. The molecule has 1 atom stereocenters. The van der Waals surface area contributed by atoms with Crippen molar-refractivity contribution in [1.82, 2.24) is 0 Å². The number of hydrogen-bond donors (Lipinski definition) is 2. The van der Waals surface area contributed by atoms with Crippen LogP contribution >= 0.6 is 11.8 Å². The van der Waals surface area contributed by atoms with Gasteiger partial charge >= 0.3 is 0 Å². The topological polar surface area (TPSA) is 59.4 Å². The quantitative estimate of drug-likeness (QED) is 0.722. The summed E-state index contributed by atoms with van der Waals surface area (Å²) in [5, 5.41) is 8.79. The third kappa shape index (κ3) is 2.55. The molecule has 0 radical (unpaired) electrons. The van der Waals surface area contributed by atoms with Crippen LogP contribution in [0.15, 0.2) is 22.8 Å². The molecular formula is C8H13NO2S. The fourth-order valence-corrected chi connectivity index (χ4v) is 1.76. The van der Waals surface area contributed by atoms with Gasteiger partial charge in [-0.15, -0.1) is 11.8 Å². The second-order valence-corrected chi connectivity index (χ2v) is 3.64. The highest BCUT2D eigenvalue weighted by atomic mass is 32.2. The maximum atomic E-state index is 8.62. The molecule has 0 aromatic carbocycles. The van der Waals surface area contributed by atoms with Crippen LogP contribution in [0.1, 0.15) is 11.0 Å². The molecule has 1 rings (SSSR count). The summed E-state index contributed by atoms with van der Waals surface area (Å²) in [5.74, 6) is 1.58. The number of nitrogens with two attached hydrogens (primary N) is 1. The standard InChI is InChI=1S/C8H13NO2S/c9-6-8(12-5-3-10)7-2-1-4-11-7/h1-2,4,8,10H,3,5-6,9H2. The molecule has 12 heavy (non-hydrogen) atoms. The molecule has 0 saturated heterocycles. The molecular weight excluding hydrogens is 174 g/mol. The van der Waals surface area contributed by atoms with E-state index in [0.717, 1.165) is 5.76 Å². The van der Waals surface area contributed by atoms with Crippen molar-refractivity contribution in [2.75, 3.05) is 18.9 Å². The fourth-order valence-electron chi connectivity index (χ4n) is 0.936.